The van der Waals surface area contributed by atoms with E-state index in [9.17, 15) is 0 Å². The van der Waals surface area contributed by atoms with Crippen LogP contribution in [0.25, 0.3) is 0 Å². The number of rotatable bonds is 7. The Morgan fingerprint density at radius 3 is 0.861 bits per heavy atom. The van der Waals surface area contributed by atoms with Gasteiger partial charge in [-0.25, -0.2) is 0 Å². The van der Waals surface area contributed by atoms with Crippen molar-refractivity contribution in [3.63, 3.8) is 0 Å². The second kappa shape index (κ2) is 17.7. The van der Waals surface area contributed by atoms with Crippen LogP contribution in [-0.2, 0) is 15.6 Å². The van der Waals surface area contributed by atoms with Crippen LogP contribution in [-0.4, -0.2) is 12.3 Å². The fourth-order valence-corrected chi connectivity index (χ4v) is 9.15. The molecule has 36 heavy (non-hydrogen) atoms. The SMILES string of the molecule is [Pd+][I].[c-]1ccccc1.c1ccc(P(CCP(c2ccccc2)c2ccccc2)c2ccccc2)cc1. The van der Waals surface area contributed by atoms with E-state index in [4.69, 9.17) is 0 Å². The van der Waals surface area contributed by atoms with Gasteiger partial charge >= 0.3 is 35.1 Å². The quantitative estimate of drug-likeness (QED) is 0.0707. The standard InChI is InChI=1S/C26H24P2.C6H5.HI.Pd/c1-5-13-23(14-6-1)27(24-15-7-2-8-16-24)21-22-28(25-17-9-3-10-18-25)26-19-11-4-12-20-26;1-2-4-6-5-3-1;;/h1-20H,21-22H2;1-5H;1H;/q;-1;;+2/p-1. The van der Waals surface area contributed by atoms with Crippen LogP contribution in [0.3, 0.4) is 0 Å². The van der Waals surface area contributed by atoms with Gasteiger partial charge < -0.3 is 0 Å². The van der Waals surface area contributed by atoms with Gasteiger partial charge in [0, 0.05) is 0 Å². The Morgan fingerprint density at radius 2 is 0.667 bits per heavy atom. The van der Waals surface area contributed by atoms with E-state index in [0.29, 0.717) is 0 Å². The van der Waals surface area contributed by atoms with Crippen molar-refractivity contribution in [2.45, 2.75) is 0 Å². The summed E-state index contributed by atoms with van der Waals surface area (Å²) in [4.78, 5) is 0. The van der Waals surface area contributed by atoms with Crippen molar-refractivity contribution < 1.29 is 15.6 Å². The molecule has 0 saturated heterocycles. The van der Waals surface area contributed by atoms with E-state index in [2.05, 4.69) is 143 Å². The van der Waals surface area contributed by atoms with E-state index >= 15 is 0 Å². The third kappa shape index (κ3) is 9.67. The number of hydrogen-bond acceptors (Lipinski definition) is 0. The van der Waals surface area contributed by atoms with Crippen molar-refractivity contribution in [2.75, 3.05) is 12.3 Å². The largest absolute Gasteiger partial charge is 0.184 e. The van der Waals surface area contributed by atoms with Crippen molar-refractivity contribution in [2.24, 2.45) is 0 Å². The molecule has 5 aromatic rings. The van der Waals surface area contributed by atoms with Gasteiger partial charge in [0.2, 0.25) is 0 Å². The van der Waals surface area contributed by atoms with Crippen LogP contribution >= 0.6 is 35.4 Å². The molecule has 0 amide bonds. The number of hydrogen-bond donors (Lipinski definition) is 0. The van der Waals surface area contributed by atoms with Crippen molar-refractivity contribution in [1.82, 2.24) is 0 Å². The third-order valence-electron chi connectivity index (χ3n) is 5.43. The zero-order valence-corrected chi connectivity index (χ0v) is 25.4. The summed E-state index contributed by atoms with van der Waals surface area (Å²) in [7, 11) is -0.696. The van der Waals surface area contributed by atoms with Crippen LogP contribution in [0.15, 0.2) is 152 Å². The molecule has 0 aromatic heterocycles. The van der Waals surface area contributed by atoms with Crippen LogP contribution in [0.4, 0.5) is 0 Å². The van der Waals surface area contributed by atoms with Gasteiger partial charge in [0.1, 0.15) is 0 Å². The van der Waals surface area contributed by atoms with E-state index in [1.54, 1.807) is 0 Å². The van der Waals surface area contributed by atoms with Crippen LogP contribution < -0.4 is 21.2 Å². The predicted octanol–water partition coefficient (Wildman–Crippen LogP) is 7.62. The number of halogens is 1. The summed E-state index contributed by atoms with van der Waals surface area (Å²) in [6.45, 7) is 0. The zero-order chi connectivity index (χ0) is 25.3. The van der Waals surface area contributed by atoms with E-state index in [-0.39, 0.29) is 15.8 Å². The van der Waals surface area contributed by atoms with Gasteiger partial charge in [-0.05, 0) is 49.4 Å². The monoisotopic (exact) mass is 708 g/mol. The van der Waals surface area contributed by atoms with Crippen LogP contribution in [0.1, 0.15) is 0 Å². The summed E-state index contributed by atoms with van der Waals surface area (Å²) in [5, 5.41) is 5.89. The van der Waals surface area contributed by atoms with Gasteiger partial charge in [-0.2, -0.15) is 36.4 Å². The molecule has 0 spiro atoms. The molecular weight excluding hydrogens is 680 g/mol. The van der Waals surface area contributed by atoms with E-state index in [1.165, 1.54) is 33.5 Å². The van der Waals surface area contributed by atoms with Crippen molar-refractivity contribution in [3.05, 3.63) is 158 Å². The molecule has 5 aromatic carbocycles. The Kier molecular flexibility index (Phi) is 14.3. The zero-order valence-electron chi connectivity index (χ0n) is 19.9. The Labute approximate surface area is 240 Å². The van der Waals surface area contributed by atoms with Crippen LogP contribution in [0, 0.1) is 6.07 Å². The first-order chi connectivity index (χ1) is 17.9. The van der Waals surface area contributed by atoms with Crippen molar-refractivity contribution in [1.29, 1.82) is 0 Å². The molecule has 0 heterocycles. The summed E-state index contributed by atoms with van der Waals surface area (Å²) in [5.74, 6) is 0. The van der Waals surface area contributed by atoms with Crippen LogP contribution in [0.5, 0.6) is 0 Å². The van der Waals surface area contributed by atoms with Gasteiger partial charge in [0.05, 0.1) is 0 Å². The Bertz CT molecular complexity index is 1000. The molecule has 0 fully saturated rings. The molecule has 0 aliphatic heterocycles. The molecule has 0 saturated carbocycles. The first kappa shape index (κ1) is 28.9. The first-order valence-corrected chi connectivity index (χ1v) is 19.4. The topological polar surface area (TPSA) is 0 Å². The maximum atomic E-state index is 2.89. The molecule has 0 aliphatic carbocycles. The second-order valence-electron chi connectivity index (χ2n) is 7.72. The molecule has 0 atom stereocenters. The Morgan fingerprint density at radius 1 is 0.417 bits per heavy atom. The van der Waals surface area contributed by atoms with Gasteiger partial charge in [-0.15, -0.1) is 0 Å². The first-order valence-electron chi connectivity index (χ1n) is 11.7. The summed E-state index contributed by atoms with van der Waals surface area (Å²) in [6.07, 6.45) is 2.41. The van der Waals surface area contributed by atoms with Crippen molar-refractivity contribution >= 4 is 56.6 Å². The molecule has 5 rings (SSSR count). The maximum absolute atomic E-state index is 2.89. The molecule has 0 N–H and O–H groups in total. The summed E-state index contributed by atoms with van der Waals surface area (Å²) in [5.41, 5.74) is 0. The molecular formula is C32H29IP2Pd. The summed E-state index contributed by atoms with van der Waals surface area (Å²) in [6, 6.07) is 56.7. The van der Waals surface area contributed by atoms with E-state index < -0.39 is 0 Å². The van der Waals surface area contributed by atoms with Crippen LogP contribution in [0.2, 0.25) is 0 Å². The maximum Gasteiger partial charge on any atom is -0.0195 e. The fraction of sp³-hybridized carbons (Fsp3) is 0.0625. The average molecular weight is 709 g/mol. The summed E-state index contributed by atoms with van der Waals surface area (Å²) >= 11 is 4.72. The summed E-state index contributed by atoms with van der Waals surface area (Å²) < 4.78 is 0. The molecule has 0 unspecified atom stereocenters. The van der Waals surface area contributed by atoms with Gasteiger partial charge in [0.25, 0.3) is 0 Å². The normalized spacial score (nSPS) is 10.1. The predicted molar refractivity (Wildman–Crippen MR) is 167 cm³/mol. The molecule has 184 valence electrons. The molecule has 0 radical (unpaired) electrons. The number of benzene rings is 5. The molecule has 4 heteroatoms. The molecule has 0 nitrogen and oxygen atoms in total. The average Bonchev–Trinajstić information content (AvgIpc) is 2.99. The minimum atomic E-state index is -0.348. The van der Waals surface area contributed by atoms with Gasteiger partial charge in [0.15, 0.2) is 0 Å². The smallest absolute Gasteiger partial charge is 0.0195 e. The minimum Gasteiger partial charge on any atom is -0.184 e. The second-order valence-corrected chi connectivity index (χ2v) is 12.4. The van der Waals surface area contributed by atoms with E-state index in [1.807, 2.05) is 49.8 Å². The molecule has 0 bridgehead atoms. The van der Waals surface area contributed by atoms with Crippen molar-refractivity contribution in [3.8, 4) is 0 Å². The minimum absolute atomic E-state index is 0.348. The Balaban J connectivity index is 0.000000390. The Hall–Kier alpha value is -1.65. The third-order valence-corrected chi connectivity index (χ3v) is 10.8. The fourth-order valence-electron chi connectivity index (χ4n) is 3.79. The van der Waals surface area contributed by atoms with Gasteiger partial charge in [-0.1, -0.05) is 121 Å². The molecule has 0 aliphatic rings. The van der Waals surface area contributed by atoms with Gasteiger partial charge in [-0.3, -0.25) is 0 Å². The van der Waals surface area contributed by atoms with E-state index in [0.717, 1.165) is 0 Å².